The normalized spacial score (nSPS) is 13.1. The van der Waals surface area contributed by atoms with Crippen LogP contribution >= 0.6 is 0 Å². The molecule has 0 saturated heterocycles. The van der Waals surface area contributed by atoms with Crippen LogP contribution < -0.4 is 0 Å². The van der Waals surface area contributed by atoms with Gasteiger partial charge >= 0.3 is 0 Å². The van der Waals surface area contributed by atoms with Gasteiger partial charge in [-0.2, -0.15) is 0 Å². The zero-order chi connectivity index (χ0) is 36.7. The van der Waals surface area contributed by atoms with Crippen LogP contribution in [0.2, 0.25) is 0 Å². The van der Waals surface area contributed by atoms with Crippen LogP contribution in [-0.4, -0.2) is 15.0 Å². The quantitative estimate of drug-likeness (QED) is 0.168. The van der Waals surface area contributed by atoms with Gasteiger partial charge in [0.2, 0.25) is 0 Å². The first kappa shape index (κ1) is 31.5. The first-order chi connectivity index (χ1) is 27.0. The van der Waals surface area contributed by atoms with Gasteiger partial charge in [-0.3, -0.25) is 4.98 Å². The summed E-state index contributed by atoms with van der Waals surface area (Å²) in [7, 11) is 0. The molecule has 0 unspecified atom stereocenters. The molecule has 0 atom stereocenters. The van der Waals surface area contributed by atoms with E-state index in [1.54, 1.807) is 0 Å². The minimum Gasteiger partial charge on any atom is -0.265 e. The van der Waals surface area contributed by atoms with E-state index in [0.717, 1.165) is 39.2 Å². The topological polar surface area (TPSA) is 38.7 Å². The molecule has 0 fully saturated rings. The van der Waals surface area contributed by atoms with E-state index >= 15 is 0 Å². The van der Waals surface area contributed by atoms with Gasteiger partial charge in [-0.25, -0.2) is 9.97 Å². The van der Waals surface area contributed by atoms with Crippen molar-refractivity contribution in [2.24, 2.45) is 0 Å². The van der Waals surface area contributed by atoms with Crippen LogP contribution in [0.25, 0.3) is 99.6 Å². The Bertz CT molecular complexity index is 3070. The summed E-state index contributed by atoms with van der Waals surface area (Å²) in [6, 6.07) is 59.3. The third kappa shape index (κ3) is 5.01. The van der Waals surface area contributed by atoms with Crippen LogP contribution in [0.3, 0.4) is 0 Å². The number of aromatic nitrogens is 3. The van der Waals surface area contributed by atoms with Crippen LogP contribution in [0.1, 0.15) is 25.0 Å². The Labute approximate surface area is 320 Å². The van der Waals surface area contributed by atoms with Gasteiger partial charge in [0.25, 0.3) is 0 Å². The van der Waals surface area contributed by atoms with Crippen LogP contribution in [0.15, 0.2) is 176 Å². The van der Waals surface area contributed by atoms with E-state index in [-0.39, 0.29) is 5.41 Å². The Hall–Kier alpha value is -6.97. The Morgan fingerprint density at radius 2 is 0.945 bits per heavy atom. The van der Waals surface area contributed by atoms with Crippen molar-refractivity contribution in [1.82, 2.24) is 15.0 Å². The lowest BCUT2D eigenvalue weighted by atomic mass is 9.82. The molecular weight excluding hydrogens is 667 g/mol. The lowest BCUT2D eigenvalue weighted by Crippen LogP contribution is -2.14. The predicted octanol–water partition coefficient (Wildman–Crippen LogP) is 13.4. The number of benzene rings is 8. The van der Waals surface area contributed by atoms with Gasteiger partial charge in [-0.05, 0) is 101 Å². The second-order valence-electron chi connectivity index (χ2n) is 15.3. The molecule has 0 saturated carbocycles. The molecule has 3 heteroatoms. The van der Waals surface area contributed by atoms with Crippen molar-refractivity contribution in [3.8, 4) is 67.3 Å². The monoisotopic (exact) mass is 701 g/mol. The number of hydrogen-bond acceptors (Lipinski definition) is 3. The molecular formula is C52H35N3. The van der Waals surface area contributed by atoms with E-state index in [1.165, 1.54) is 65.7 Å². The molecule has 0 bridgehead atoms. The van der Waals surface area contributed by atoms with Crippen molar-refractivity contribution in [3.63, 3.8) is 0 Å². The molecule has 8 aromatic carbocycles. The number of hydrogen-bond donors (Lipinski definition) is 0. The summed E-state index contributed by atoms with van der Waals surface area (Å²) in [5.74, 6) is 0.704. The molecule has 11 rings (SSSR count). The number of rotatable bonds is 5. The highest BCUT2D eigenvalue weighted by molar-refractivity contribution is 6.25. The second kappa shape index (κ2) is 12.0. The molecule has 1 aliphatic rings. The fourth-order valence-electron chi connectivity index (χ4n) is 8.90. The van der Waals surface area contributed by atoms with E-state index in [1.807, 2.05) is 24.5 Å². The van der Waals surface area contributed by atoms with Gasteiger partial charge in [0.1, 0.15) is 0 Å². The molecule has 0 N–H and O–H groups in total. The Kier molecular flexibility index (Phi) is 6.90. The van der Waals surface area contributed by atoms with Crippen LogP contribution in [-0.2, 0) is 5.41 Å². The fourth-order valence-corrected chi connectivity index (χ4v) is 8.90. The number of fused-ring (bicyclic) bond motifs is 3. The van der Waals surface area contributed by atoms with Gasteiger partial charge < -0.3 is 0 Å². The summed E-state index contributed by atoms with van der Waals surface area (Å²) in [4.78, 5) is 14.7. The summed E-state index contributed by atoms with van der Waals surface area (Å²) in [6.45, 7) is 4.65. The van der Waals surface area contributed by atoms with E-state index in [4.69, 9.17) is 9.97 Å². The highest BCUT2D eigenvalue weighted by atomic mass is 14.9. The average molecular weight is 702 g/mol. The highest BCUT2D eigenvalue weighted by Gasteiger charge is 2.35. The summed E-state index contributed by atoms with van der Waals surface area (Å²) in [6.07, 6.45) is 3.66. The molecule has 0 spiro atoms. The lowest BCUT2D eigenvalue weighted by Gasteiger charge is -2.22. The third-order valence-electron chi connectivity index (χ3n) is 11.8. The lowest BCUT2D eigenvalue weighted by molar-refractivity contribution is 0.660. The van der Waals surface area contributed by atoms with E-state index in [2.05, 4.69) is 170 Å². The first-order valence-corrected chi connectivity index (χ1v) is 18.9. The van der Waals surface area contributed by atoms with Crippen molar-refractivity contribution in [1.29, 1.82) is 0 Å². The van der Waals surface area contributed by atoms with Crippen molar-refractivity contribution in [2.45, 2.75) is 19.3 Å². The van der Waals surface area contributed by atoms with Gasteiger partial charge in [-0.15, -0.1) is 0 Å². The number of pyridine rings is 1. The standard InChI is InChI=1S/C52H35N3/c1-52(2)45-9-4-3-8-42(45)43-24-22-40(30-46(43)52)48-31-47(35-14-10-32(11-15-35)33-26-28-53-29-27-33)54-51(55-48)39-18-12-34(13-19-39)41-23-20-38-17-16-36-6-5-7-37-21-25-44(41)50(38)49(36)37/h3-31H,1-2H3. The van der Waals surface area contributed by atoms with Gasteiger partial charge in [0.15, 0.2) is 5.82 Å². The Morgan fingerprint density at radius 1 is 0.382 bits per heavy atom. The minimum absolute atomic E-state index is 0.107. The molecule has 1 aliphatic carbocycles. The minimum atomic E-state index is -0.107. The van der Waals surface area contributed by atoms with Gasteiger partial charge in [0.05, 0.1) is 11.4 Å². The van der Waals surface area contributed by atoms with E-state index in [0.29, 0.717) is 5.82 Å². The maximum Gasteiger partial charge on any atom is 0.160 e. The molecule has 2 heterocycles. The molecule has 2 aromatic heterocycles. The van der Waals surface area contributed by atoms with Crippen molar-refractivity contribution < 1.29 is 0 Å². The average Bonchev–Trinajstić information content (AvgIpc) is 3.48. The van der Waals surface area contributed by atoms with Crippen LogP contribution in [0.5, 0.6) is 0 Å². The fraction of sp³-hybridized carbons (Fsp3) is 0.0577. The highest BCUT2D eigenvalue weighted by Crippen LogP contribution is 2.49. The maximum atomic E-state index is 5.28. The van der Waals surface area contributed by atoms with Crippen molar-refractivity contribution in [2.75, 3.05) is 0 Å². The maximum absolute atomic E-state index is 5.28. The molecule has 0 aliphatic heterocycles. The van der Waals surface area contributed by atoms with Crippen LogP contribution in [0.4, 0.5) is 0 Å². The van der Waals surface area contributed by atoms with Crippen LogP contribution in [0, 0.1) is 0 Å². The molecule has 0 amide bonds. The molecule has 55 heavy (non-hydrogen) atoms. The number of nitrogens with zero attached hydrogens (tertiary/aromatic N) is 3. The van der Waals surface area contributed by atoms with Crippen molar-refractivity contribution >= 4 is 32.3 Å². The predicted molar refractivity (Wildman–Crippen MR) is 228 cm³/mol. The Balaban J connectivity index is 1.03. The Morgan fingerprint density at radius 3 is 1.73 bits per heavy atom. The molecule has 258 valence electrons. The zero-order valence-corrected chi connectivity index (χ0v) is 30.6. The van der Waals surface area contributed by atoms with Gasteiger partial charge in [0, 0.05) is 34.5 Å². The van der Waals surface area contributed by atoms with E-state index < -0.39 is 0 Å². The molecule has 3 nitrogen and oxygen atoms in total. The molecule has 10 aromatic rings. The van der Waals surface area contributed by atoms with Crippen molar-refractivity contribution in [3.05, 3.63) is 187 Å². The summed E-state index contributed by atoms with van der Waals surface area (Å²) < 4.78 is 0. The van der Waals surface area contributed by atoms with Gasteiger partial charge in [-0.1, -0.05) is 153 Å². The zero-order valence-electron chi connectivity index (χ0n) is 30.6. The summed E-state index contributed by atoms with van der Waals surface area (Å²) in [5, 5.41) is 7.76. The SMILES string of the molecule is CC1(C)c2ccccc2-c2ccc(-c3cc(-c4ccc(-c5ccncc5)cc4)nc(-c4ccc(-c5ccc6ccc7cccc8ccc5c6c78)cc4)n3)cc21. The molecule has 0 radical (unpaired) electrons. The van der Waals surface area contributed by atoms with E-state index in [9.17, 15) is 0 Å². The third-order valence-corrected chi connectivity index (χ3v) is 11.8. The second-order valence-corrected chi connectivity index (χ2v) is 15.3. The summed E-state index contributed by atoms with van der Waals surface area (Å²) in [5.41, 5.74) is 14.8. The largest absolute Gasteiger partial charge is 0.265 e. The summed E-state index contributed by atoms with van der Waals surface area (Å²) >= 11 is 0. The smallest absolute Gasteiger partial charge is 0.160 e. The first-order valence-electron chi connectivity index (χ1n) is 18.9.